The lowest BCUT2D eigenvalue weighted by Gasteiger charge is -2.45. The second kappa shape index (κ2) is 14.4. The molecule has 0 N–H and O–H groups in total. The molecule has 23 heteroatoms. The second-order valence-electron chi connectivity index (χ2n) is 10.2. The highest BCUT2D eigenvalue weighted by Gasteiger charge is 2.48. The Morgan fingerprint density at radius 2 is 1.11 bits per heavy atom. The number of hydrogen-bond acceptors (Lipinski definition) is 1. The van der Waals surface area contributed by atoms with Crippen LogP contribution in [0.2, 0.25) is 0 Å². The van der Waals surface area contributed by atoms with Crippen molar-refractivity contribution >= 4 is 162 Å². The van der Waals surface area contributed by atoms with Gasteiger partial charge in [-0.05, 0) is 50.1 Å². The molecule has 0 saturated carbocycles. The molecular weight excluding hydrogens is 420 g/mol. The Hall–Kier alpha value is -0.201. The Balaban J connectivity index is 2.93. The van der Waals surface area contributed by atoms with Crippen molar-refractivity contribution in [3.8, 4) is 11.3 Å². The zero-order chi connectivity index (χ0) is 28.2. The van der Waals surface area contributed by atoms with Gasteiger partial charge in [-0.3, -0.25) is 4.98 Å². The van der Waals surface area contributed by atoms with E-state index in [2.05, 4.69) is 0 Å². The van der Waals surface area contributed by atoms with Gasteiger partial charge in [0.25, 0.3) is 0 Å². The van der Waals surface area contributed by atoms with Crippen LogP contribution < -0.4 is 5.46 Å². The zero-order valence-electron chi connectivity index (χ0n) is 22.0. The molecule has 37 heavy (non-hydrogen) atoms. The van der Waals surface area contributed by atoms with Gasteiger partial charge in [-0.25, -0.2) is 0 Å². The minimum atomic E-state index is -0.942. The molecule has 141 valence electrons. The zero-order valence-corrected chi connectivity index (χ0v) is 22.0. The van der Waals surface area contributed by atoms with Crippen LogP contribution in [0.4, 0.5) is 0 Å². The van der Waals surface area contributed by atoms with E-state index < -0.39 is 64.0 Å². The average molecular weight is 434 g/mol. The van der Waals surface area contributed by atoms with Crippen LogP contribution in [-0.4, -0.2) is 161 Å². The fourth-order valence-electron chi connectivity index (χ4n) is 5.60. The van der Waals surface area contributed by atoms with E-state index in [4.69, 9.17) is 90.1 Å². The lowest BCUT2D eigenvalue weighted by atomic mass is 8.39. The maximum absolute atomic E-state index is 6.29. The summed E-state index contributed by atoms with van der Waals surface area (Å²) in [5.74, 6) is 0. The maximum Gasteiger partial charge on any atom is 0.0804 e. The molecule has 1 nitrogen and oxygen atoms in total. The van der Waals surface area contributed by atoms with Gasteiger partial charge in [0.2, 0.25) is 0 Å². The molecule has 0 saturated heterocycles. The smallest absolute Gasteiger partial charge is 0.0804 e. The Labute approximate surface area is 244 Å². The van der Waals surface area contributed by atoms with Gasteiger partial charge in [0.1, 0.15) is 0 Å². The number of benzene rings is 1. The lowest BCUT2D eigenvalue weighted by molar-refractivity contribution is 1.18. The third kappa shape index (κ3) is 8.39. The fourth-order valence-corrected chi connectivity index (χ4v) is 5.60. The first-order chi connectivity index (χ1) is 17.2. The molecule has 0 spiro atoms. The van der Waals surface area contributed by atoms with Crippen LogP contribution in [0.25, 0.3) is 11.3 Å². The second-order valence-corrected chi connectivity index (χ2v) is 10.2. The number of rotatable bonds is 12. The quantitative estimate of drug-likeness (QED) is 0.304. The molecule has 0 bridgehead atoms. The SMILES string of the molecule is [B][B]B(B([B])[B])B(B(B([B])[B])B([B])[B])B(B(B([B])[B])B([B])[B])c1cc(C)cc(-c2cc(C)cc(C)n2)c1. The minimum Gasteiger partial charge on any atom is -0.253 e. The summed E-state index contributed by atoms with van der Waals surface area (Å²) in [5, 5.41) is 0. The summed E-state index contributed by atoms with van der Waals surface area (Å²) in [6, 6.07) is 10.1. The van der Waals surface area contributed by atoms with Crippen LogP contribution in [0.3, 0.4) is 0 Å². The summed E-state index contributed by atoms with van der Waals surface area (Å²) in [5.41, 5.74) is 5.45. The summed E-state index contributed by atoms with van der Waals surface area (Å²) < 4.78 is 0. The predicted octanol–water partition coefficient (Wildman–Crippen LogP) is -5.53. The standard InChI is InChI=1S/C14H14B22N/c1-9-4-11(3)37-14(7-9)12-5-10(2)6-13(8-12)27(34(29(18)19)30(20)21)35(33(26-15)28(16)17)36(31(22)23)32(24)25/h4-8H,1-3H3. The van der Waals surface area contributed by atoms with Crippen LogP contribution in [0.5, 0.6) is 0 Å². The van der Waals surface area contributed by atoms with Crippen LogP contribution in [0.15, 0.2) is 30.3 Å². The summed E-state index contributed by atoms with van der Waals surface area (Å²) in [6.45, 7) is 5.37. The van der Waals surface area contributed by atoms with Crippen molar-refractivity contribution in [1.82, 2.24) is 4.98 Å². The van der Waals surface area contributed by atoms with Gasteiger partial charge in [0.05, 0.1) is 12.2 Å². The molecule has 0 aliphatic heterocycles. The fraction of sp³-hybridized carbons (Fsp3) is 0.214. The molecule has 2 rings (SSSR count). The molecule has 1 heterocycles. The largest absolute Gasteiger partial charge is 0.253 e. The Morgan fingerprint density at radius 3 is 1.54 bits per heavy atom. The average Bonchev–Trinajstić information content (AvgIpc) is 2.74. The molecule has 1 aromatic carbocycles. The number of aromatic nitrogens is 1. The first-order valence-electron chi connectivity index (χ1n) is 12.4. The topological polar surface area (TPSA) is 12.9 Å². The maximum atomic E-state index is 6.29. The number of aryl methyl sites for hydroxylation is 3. The molecular formula is C14H14B22N. The number of nitrogens with zero attached hydrogens (tertiary/aromatic N) is 1. The van der Waals surface area contributed by atoms with Gasteiger partial charge < -0.3 is 0 Å². The highest BCUT2D eigenvalue weighted by atomic mass is 14.7. The molecule has 0 amide bonds. The molecule has 0 unspecified atom stereocenters. The van der Waals surface area contributed by atoms with E-state index >= 15 is 0 Å². The molecule has 0 atom stereocenters. The first kappa shape index (κ1) is 33.0. The minimum absolute atomic E-state index is 0.571. The van der Waals surface area contributed by atoms with Crippen LogP contribution >= 0.6 is 0 Å². The van der Waals surface area contributed by atoms with Gasteiger partial charge in [-0.15, -0.1) is 0 Å². The van der Waals surface area contributed by atoms with Crippen LogP contribution in [0, 0.1) is 20.8 Å². The number of pyridine rings is 1. The van der Waals surface area contributed by atoms with Crippen molar-refractivity contribution < 1.29 is 0 Å². The van der Waals surface area contributed by atoms with Gasteiger partial charge >= 0.3 is 0 Å². The van der Waals surface area contributed by atoms with Gasteiger partial charge in [-0.2, -0.15) is 0 Å². The van der Waals surface area contributed by atoms with E-state index in [0.29, 0.717) is 0 Å². The van der Waals surface area contributed by atoms with Crippen molar-refractivity contribution in [1.29, 1.82) is 0 Å². The summed E-state index contributed by atoms with van der Waals surface area (Å²) in [4.78, 5) is 4.73. The first-order valence-corrected chi connectivity index (χ1v) is 12.4. The molecule has 0 aliphatic rings. The van der Waals surface area contributed by atoms with Crippen molar-refractivity contribution in [3.05, 3.63) is 47.2 Å². The third-order valence-electron chi connectivity index (χ3n) is 7.04. The summed E-state index contributed by atoms with van der Waals surface area (Å²) in [7, 11) is 70.0. The van der Waals surface area contributed by atoms with Crippen LogP contribution in [0.1, 0.15) is 16.8 Å². The van der Waals surface area contributed by atoms with Gasteiger partial charge in [0, 0.05) is 155 Å². The van der Waals surface area contributed by atoms with E-state index in [9.17, 15) is 0 Å². The highest BCUT2D eigenvalue weighted by molar-refractivity contribution is 8.18. The van der Waals surface area contributed by atoms with E-state index in [1.54, 1.807) is 0 Å². The molecule has 0 fully saturated rings. The molecule has 2 aromatic rings. The van der Waals surface area contributed by atoms with Crippen molar-refractivity contribution in [3.63, 3.8) is 0 Å². The van der Waals surface area contributed by atoms with Crippen molar-refractivity contribution in [2.75, 3.05) is 0 Å². The Bertz CT molecular complexity index is 979. The molecule has 0 aliphatic carbocycles. The summed E-state index contributed by atoms with van der Waals surface area (Å²) in [6.07, 6.45) is -7.25. The normalized spacial score (nSPS) is 10.1. The van der Waals surface area contributed by atoms with Crippen molar-refractivity contribution in [2.24, 2.45) is 0 Å². The summed E-state index contributed by atoms with van der Waals surface area (Å²) >= 11 is 0. The van der Waals surface area contributed by atoms with E-state index in [1.165, 1.54) is 7.06 Å². The van der Waals surface area contributed by atoms with E-state index in [0.717, 1.165) is 33.5 Å². The highest BCUT2D eigenvalue weighted by Crippen LogP contribution is 2.21. The van der Waals surface area contributed by atoms with Crippen molar-refractivity contribution in [2.45, 2.75) is 20.8 Å². The monoisotopic (exact) mass is 438 g/mol. The Kier molecular flexibility index (Phi) is 12.9. The van der Waals surface area contributed by atoms with Gasteiger partial charge in [0.15, 0.2) is 0 Å². The van der Waals surface area contributed by atoms with E-state index in [1.807, 2.05) is 51.1 Å². The third-order valence-corrected chi connectivity index (χ3v) is 7.04. The predicted molar refractivity (Wildman–Crippen MR) is 190 cm³/mol. The lowest BCUT2D eigenvalue weighted by Crippen LogP contribution is -2.84. The van der Waals surface area contributed by atoms with Gasteiger partial charge in [-0.1, -0.05) is 23.2 Å². The van der Waals surface area contributed by atoms with Crippen LogP contribution in [-0.2, 0) is 0 Å². The number of hydrogen-bond donors (Lipinski definition) is 0. The molecule has 1 aromatic heterocycles. The Morgan fingerprint density at radius 1 is 0.595 bits per heavy atom. The molecule has 23 radical (unpaired) electrons. The van der Waals surface area contributed by atoms with E-state index in [-0.39, 0.29) is 0 Å².